The molecule has 0 radical (unpaired) electrons. The van der Waals surface area contributed by atoms with Crippen LogP contribution in [-0.4, -0.2) is 15.0 Å². The van der Waals surface area contributed by atoms with E-state index < -0.39 is 11.6 Å². The standard InChI is InChI=1S/C21H22ClN3O3/c1-3-4-11-24-20(27)15-7-5-6-8-18(15)25(21(24)28)13-19(26)23-17-10-9-14(2)12-16(17)22/h5-10,12H,3-4,11,13H2,1-2H3,(H,23,26). The quantitative estimate of drug-likeness (QED) is 0.688. The predicted octanol–water partition coefficient (Wildman–Crippen LogP) is 3.56. The van der Waals surface area contributed by atoms with Gasteiger partial charge in [-0.15, -0.1) is 0 Å². The number of amides is 1. The van der Waals surface area contributed by atoms with E-state index in [1.807, 2.05) is 19.9 Å². The zero-order valence-corrected chi connectivity index (χ0v) is 16.6. The first-order valence-electron chi connectivity index (χ1n) is 9.20. The number of fused-ring (bicyclic) bond motifs is 1. The minimum absolute atomic E-state index is 0.212. The molecule has 0 aliphatic heterocycles. The van der Waals surface area contributed by atoms with Gasteiger partial charge in [0, 0.05) is 6.54 Å². The number of halogens is 1. The van der Waals surface area contributed by atoms with Crippen LogP contribution in [0, 0.1) is 6.92 Å². The van der Waals surface area contributed by atoms with Crippen LogP contribution < -0.4 is 16.6 Å². The average molecular weight is 400 g/mol. The van der Waals surface area contributed by atoms with E-state index in [9.17, 15) is 14.4 Å². The molecule has 1 amide bonds. The van der Waals surface area contributed by atoms with Gasteiger partial charge in [0.15, 0.2) is 0 Å². The third-order valence-corrected chi connectivity index (χ3v) is 4.88. The number of carbonyl (C=O) groups is 1. The van der Waals surface area contributed by atoms with Crippen LogP contribution in [0.15, 0.2) is 52.1 Å². The largest absolute Gasteiger partial charge is 0.331 e. The molecule has 0 atom stereocenters. The van der Waals surface area contributed by atoms with E-state index in [1.165, 1.54) is 9.13 Å². The van der Waals surface area contributed by atoms with Crippen molar-refractivity contribution in [2.75, 3.05) is 5.32 Å². The number of unbranched alkanes of at least 4 members (excludes halogenated alkanes) is 1. The molecule has 1 N–H and O–H groups in total. The van der Waals surface area contributed by atoms with Gasteiger partial charge in [-0.1, -0.05) is 43.1 Å². The predicted molar refractivity (Wildman–Crippen MR) is 112 cm³/mol. The molecule has 3 rings (SSSR count). The average Bonchev–Trinajstić information content (AvgIpc) is 2.67. The van der Waals surface area contributed by atoms with Crippen LogP contribution in [-0.2, 0) is 17.9 Å². The number of anilines is 1. The Morgan fingerprint density at radius 1 is 1.11 bits per heavy atom. The van der Waals surface area contributed by atoms with E-state index in [1.54, 1.807) is 36.4 Å². The molecule has 0 aliphatic carbocycles. The Balaban J connectivity index is 2.01. The molecule has 0 aliphatic rings. The Morgan fingerprint density at radius 3 is 2.57 bits per heavy atom. The number of nitrogens with zero attached hydrogens (tertiary/aromatic N) is 2. The second kappa shape index (κ2) is 8.44. The summed E-state index contributed by atoms with van der Waals surface area (Å²) in [6, 6.07) is 12.1. The van der Waals surface area contributed by atoms with Crippen LogP contribution in [0.25, 0.3) is 10.9 Å². The van der Waals surface area contributed by atoms with Gasteiger partial charge in [-0.05, 0) is 43.2 Å². The number of nitrogens with one attached hydrogen (secondary N) is 1. The van der Waals surface area contributed by atoms with Crippen LogP contribution in [0.1, 0.15) is 25.3 Å². The van der Waals surface area contributed by atoms with Gasteiger partial charge in [-0.25, -0.2) is 4.79 Å². The summed E-state index contributed by atoms with van der Waals surface area (Å²) in [4.78, 5) is 38.2. The zero-order valence-electron chi connectivity index (χ0n) is 15.9. The second-order valence-electron chi connectivity index (χ2n) is 6.73. The van der Waals surface area contributed by atoms with E-state index in [-0.39, 0.29) is 12.1 Å². The maximum atomic E-state index is 12.9. The molecule has 0 saturated heterocycles. The van der Waals surface area contributed by atoms with E-state index >= 15 is 0 Å². The number of hydrogen-bond donors (Lipinski definition) is 1. The van der Waals surface area contributed by atoms with Crippen molar-refractivity contribution in [3.8, 4) is 0 Å². The van der Waals surface area contributed by atoms with Crippen LogP contribution in [0.5, 0.6) is 0 Å². The maximum Gasteiger partial charge on any atom is 0.331 e. The third kappa shape index (κ3) is 4.02. The molecule has 1 aromatic heterocycles. The van der Waals surface area contributed by atoms with Gasteiger partial charge in [0.05, 0.1) is 21.6 Å². The number of hydrogen-bond acceptors (Lipinski definition) is 3. The summed E-state index contributed by atoms with van der Waals surface area (Å²) >= 11 is 6.18. The van der Waals surface area contributed by atoms with Gasteiger partial charge in [0.2, 0.25) is 5.91 Å². The van der Waals surface area contributed by atoms with Gasteiger partial charge in [-0.2, -0.15) is 0 Å². The van der Waals surface area contributed by atoms with E-state index in [2.05, 4.69) is 5.32 Å². The second-order valence-corrected chi connectivity index (χ2v) is 7.13. The fraction of sp³-hybridized carbons (Fsp3) is 0.286. The summed E-state index contributed by atoms with van der Waals surface area (Å²) in [6.45, 7) is 4.01. The lowest BCUT2D eigenvalue weighted by Crippen LogP contribution is -2.41. The Kier molecular flexibility index (Phi) is 5.99. The normalized spacial score (nSPS) is 11.0. The molecule has 0 spiro atoms. The smallest absolute Gasteiger partial charge is 0.323 e. The molecule has 0 bridgehead atoms. The lowest BCUT2D eigenvalue weighted by molar-refractivity contribution is -0.116. The summed E-state index contributed by atoms with van der Waals surface area (Å²) in [7, 11) is 0. The number of aromatic nitrogens is 2. The maximum absolute atomic E-state index is 12.9. The highest BCUT2D eigenvalue weighted by atomic mass is 35.5. The number of benzene rings is 2. The van der Waals surface area contributed by atoms with Crippen molar-refractivity contribution >= 4 is 34.1 Å². The summed E-state index contributed by atoms with van der Waals surface area (Å²) in [5, 5.41) is 3.58. The highest BCUT2D eigenvalue weighted by Crippen LogP contribution is 2.22. The van der Waals surface area contributed by atoms with Gasteiger partial charge >= 0.3 is 5.69 Å². The highest BCUT2D eigenvalue weighted by Gasteiger charge is 2.15. The van der Waals surface area contributed by atoms with E-state index in [0.29, 0.717) is 34.6 Å². The topological polar surface area (TPSA) is 73.1 Å². The first-order valence-corrected chi connectivity index (χ1v) is 9.58. The fourth-order valence-electron chi connectivity index (χ4n) is 3.09. The fourth-order valence-corrected chi connectivity index (χ4v) is 3.37. The molecular weight excluding hydrogens is 378 g/mol. The summed E-state index contributed by atoms with van der Waals surface area (Å²) in [6.07, 6.45) is 1.56. The van der Waals surface area contributed by atoms with Crippen LogP contribution in [0.4, 0.5) is 5.69 Å². The van der Waals surface area contributed by atoms with Gasteiger partial charge in [0.1, 0.15) is 6.54 Å². The molecule has 0 saturated carbocycles. The number of rotatable bonds is 6. The summed E-state index contributed by atoms with van der Waals surface area (Å²) in [5.41, 5.74) is 1.09. The van der Waals surface area contributed by atoms with Crippen molar-refractivity contribution in [2.24, 2.45) is 0 Å². The SMILES string of the molecule is CCCCn1c(=O)c2ccccc2n(CC(=O)Nc2ccc(C)cc2Cl)c1=O. The number of para-hydroxylation sites is 1. The monoisotopic (exact) mass is 399 g/mol. The van der Waals surface area contributed by atoms with Gasteiger partial charge in [-0.3, -0.25) is 18.7 Å². The Bertz CT molecular complexity index is 1150. The van der Waals surface area contributed by atoms with Crippen molar-refractivity contribution in [3.05, 3.63) is 73.9 Å². The van der Waals surface area contributed by atoms with Crippen molar-refractivity contribution in [1.29, 1.82) is 0 Å². The van der Waals surface area contributed by atoms with Crippen LogP contribution >= 0.6 is 11.6 Å². The lowest BCUT2D eigenvalue weighted by Gasteiger charge is -2.14. The van der Waals surface area contributed by atoms with Crippen LogP contribution in [0.2, 0.25) is 5.02 Å². The molecule has 0 fully saturated rings. The number of carbonyl (C=O) groups excluding carboxylic acids is 1. The Hall–Kier alpha value is -2.86. The first kappa shape index (κ1) is 19.9. The molecule has 146 valence electrons. The Labute approximate surface area is 167 Å². The summed E-state index contributed by atoms with van der Waals surface area (Å²) in [5.74, 6) is -0.390. The van der Waals surface area contributed by atoms with Crippen molar-refractivity contribution < 1.29 is 4.79 Å². The third-order valence-electron chi connectivity index (χ3n) is 4.57. The lowest BCUT2D eigenvalue weighted by atomic mass is 10.2. The number of aryl methyl sites for hydroxylation is 1. The molecule has 2 aromatic carbocycles. The van der Waals surface area contributed by atoms with Gasteiger partial charge < -0.3 is 5.32 Å². The Morgan fingerprint density at radius 2 is 1.86 bits per heavy atom. The van der Waals surface area contributed by atoms with Gasteiger partial charge in [0.25, 0.3) is 5.56 Å². The summed E-state index contributed by atoms with van der Waals surface area (Å²) < 4.78 is 2.54. The molecule has 28 heavy (non-hydrogen) atoms. The minimum Gasteiger partial charge on any atom is -0.323 e. The molecule has 1 heterocycles. The molecule has 7 heteroatoms. The molecule has 0 unspecified atom stereocenters. The molecule has 6 nitrogen and oxygen atoms in total. The van der Waals surface area contributed by atoms with Crippen molar-refractivity contribution in [2.45, 2.75) is 39.8 Å². The highest BCUT2D eigenvalue weighted by molar-refractivity contribution is 6.33. The molecule has 3 aromatic rings. The van der Waals surface area contributed by atoms with E-state index in [4.69, 9.17) is 11.6 Å². The first-order chi connectivity index (χ1) is 13.4. The zero-order chi connectivity index (χ0) is 20.3. The van der Waals surface area contributed by atoms with Crippen LogP contribution in [0.3, 0.4) is 0 Å². The van der Waals surface area contributed by atoms with E-state index in [0.717, 1.165) is 12.0 Å². The molecular formula is C21H22ClN3O3. The minimum atomic E-state index is -0.484. The van der Waals surface area contributed by atoms with Crippen molar-refractivity contribution in [1.82, 2.24) is 9.13 Å². The van der Waals surface area contributed by atoms with Crippen molar-refractivity contribution in [3.63, 3.8) is 0 Å².